The summed E-state index contributed by atoms with van der Waals surface area (Å²) in [5.41, 5.74) is 3.27. The molecule has 1 atom stereocenters. The predicted molar refractivity (Wildman–Crippen MR) is 85.1 cm³/mol. The van der Waals surface area contributed by atoms with Gasteiger partial charge in [0.05, 0.1) is 0 Å². The Balaban J connectivity index is 1.78. The minimum absolute atomic E-state index is 0.298. The Morgan fingerprint density at radius 2 is 2.15 bits per heavy atom. The molecule has 106 valence electrons. The molecule has 1 aromatic carbocycles. The van der Waals surface area contributed by atoms with Crippen molar-refractivity contribution in [1.82, 2.24) is 10.3 Å². The number of aromatic nitrogens is 1. The third kappa shape index (κ3) is 2.65. The van der Waals surface area contributed by atoms with Crippen LogP contribution < -0.4 is 5.32 Å². The van der Waals surface area contributed by atoms with E-state index in [0.29, 0.717) is 11.5 Å². The van der Waals surface area contributed by atoms with Crippen molar-refractivity contribution in [2.24, 2.45) is 0 Å². The van der Waals surface area contributed by atoms with Crippen LogP contribution >= 0.6 is 11.3 Å². The molecule has 1 aromatic heterocycles. The van der Waals surface area contributed by atoms with Gasteiger partial charge in [-0.1, -0.05) is 38.1 Å². The number of nitrogens with zero attached hydrogens (tertiary/aromatic N) is 1. The van der Waals surface area contributed by atoms with Crippen LogP contribution in [0.15, 0.2) is 30.5 Å². The van der Waals surface area contributed by atoms with Crippen LogP contribution in [0.3, 0.4) is 0 Å². The van der Waals surface area contributed by atoms with Crippen molar-refractivity contribution in [3.05, 3.63) is 51.5 Å². The first-order chi connectivity index (χ1) is 9.56. The van der Waals surface area contributed by atoms with Crippen molar-refractivity contribution in [3.8, 4) is 0 Å². The molecule has 0 saturated heterocycles. The molecular weight excluding hydrogens is 264 g/mol. The summed E-state index contributed by atoms with van der Waals surface area (Å²) >= 11 is 1.78. The Labute approximate surface area is 125 Å². The Bertz CT molecular complexity index is 601. The summed E-state index contributed by atoms with van der Waals surface area (Å²) in [5, 5.41) is 4.88. The quantitative estimate of drug-likeness (QED) is 0.907. The van der Waals surface area contributed by atoms with Crippen molar-refractivity contribution >= 4 is 11.3 Å². The van der Waals surface area contributed by atoms with Gasteiger partial charge in [0, 0.05) is 23.7 Å². The van der Waals surface area contributed by atoms with Gasteiger partial charge in [-0.3, -0.25) is 0 Å². The second-order valence-corrected chi connectivity index (χ2v) is 7.63. The summed E-state index contributed by atoms with van der Waals surface area (Å²) < 4.78 is 0. The average molecular weight is 286 g/mol. The van der Waals surface area contributed by atoms with Gasteiger partial charge in [0.25, 0.3) is 0 Å². The van der Waals surface area contributed by atoms with Gasteiger partial charge in [0.2, 0.25) is 0 Å². The van der Waals surface area contributed by atoms with E-state index in [-0.39, 0.29) is 0 Å². The van der Waals surface area contributed by atoms with E-state index < -0.39 is 0 Å². The molecule has 1 N–H and O–H groups in total. The van der Waals surface area contributed by atoms with Crippen molar-refractivity contribution in [2.75, 3.05) is 0 Å². The van der Waals surface area contributed by atoms with Gasteiger partial charge in [-0.25, -0.2) is 4.98 Å². The van der Waals surface area contributed by atoms with Crippen LogP contribution in [0.2, 0.25) is 0 Å². The van der Waals surface area contributed by atoms with Crippen LogP contribution in [0.5, 0.6) is 0 Å². The Kier molecular flexibility index (Phi) is 3.65. The van der Waals surface area contributed by atoms with E-state index in [9.17, 15) is 0 Å². The lowest BCUT2D eigenvalue weighted by Gasteiger charge is -2.37. The van der Waals surface area contributed by atoms with E-state index >= 15 is 0 Å². The number of benzene rings is 1. The van der Waals surface area contributed by atoms with Crippen molar-refractivity contribution < 1.29 is 0 Å². The predicted octanol–water partition coefficient (Wildman–Crippen LogP) is 4.35. The highest BCUT2D eigenvalue weighted by Crippen LogP contribution is 2.41. The highest BCUT2D eigenvalue weighted by atomic mass is 32.1. The number of fused-ring (bicyclic) bond motifs is 1. The van der Waals surface area contributed by atoms with Crippen molar-refractivity contribution in [2.45, 2.75) is 51.6 Å². The smallest absolute Gasteiger partial charge is 0.107 e. The van der Waals surface area contributed by atoms with Crippen molar-refractivity contribution in [1.29, 1.82) is 0 Å². The molecule has 3 rings (SSSR count). The van der Waals surface area contributed by atoms with Gasteiger partial charge >= 0.3 is 0 Å². The third-order valence-electron chi connectivity index (χ3n) is 4.29. The fourth-order valence-electron chi connectivity index (χ4n) is 3.12. The van der Waals surface area contributed by atoms with Crippen LogP contribution in [0.4, 0.5) is 0 Å². The maximum atomic E-state index is 4.44. The topological polar surface area (TPSA) is 24.9 Å². The zero-order valence-electron chi connectivity index (χ0n) is 12.4. The molecule has 0 aliphatic heterocycles. The molecule has 1 aliphatic carbocycles. The summed E-state index contributed by atoms with van der Waals surface area (Å²) in [6.45, 7) is 7.69. The number of aryl methyl sites for hydroxylation is 1. The summed E-state index contributed by atoms with van der Waals surface area (Å²) in [5.74, 6) is 0. The zero-order valence-corrected chi connectivity index (χ0v) is 13.3. The van der Waals surface area contributed by atoms with E-state index in [4.69, 9.17) is 0 Å². The lowest BCUT2D eigenvalue weighted by molar-refractivity contribution is 0.357. The highest BCUT2D eigenvalue weighted by molar-refractivity contribution is 7.11. The van der Waals surface area contributed by atoms with Crippen LogP contribution in [0.1, 0.15) is 53.7 Å². The number of nitrogens with one attached hydrogen (secondary N) is 1. The minimum atomic E-state index is 0.298. The fraction of sp³-hybridized carbons (Fsp3) is 0.471. The molecule has 0 fully saturated rings. The highest BCUT2D eigenvalue weighted by Gasteiger charge is 2.31. The molecule has 0 radical (unpaired) electrons. The monoisotopic (exact) mass is 286 g/mol. The van der Waals surface area contributed by atoms with Gasteiger partial charge < -0.3 is 5.32 Å². The van der Waals surface area contributed by atoms with Gasteiger partial charge in [0.1, 0.15) is 5.01 Å². The molecule has 2 aromatic rings. The molecule has 0 bridgehead atoms. The molecule has 1 heterocycles. The number of hydrogen-bond acceptors (Lipinski definition) is 3. The van der Waals surface area contributed by atoms with Crippen LogP contribution in [0.25, 0.3) is 0 Å². The SMILES string of the molecule is Cc1cnc(CNC2CCC(C)(C)c3ccccc32)s1. The third-order valence-corrected chi connectivity index (χ3v) is 5.20. The lowest BCUT2D eigenvalue weighted by Crippen LogP contribution is -2.32. The van der Waals surface area contributed by atoms with E-state index in [1.807, 2.05) is 6.20 Å². The number of hydrogen-bond donors (Lipinski definition) is 1. The van der Waals surface area contributed by atoms with Crippen LogP contribution in [0, 0.1) is 6.92 Å². The van der Waals surface area contributed by atoms with Crippen LogP contribution in [-0.4, -0.2) is 4.98 Å². The van der Waals surface area contributed by atoms with Gasteiger partial charge in [-0.15, -0.1) is 11.3 Å². The molecule has 1 unspecified atom stereocenters. The van der Waals surface area contributed by atoms with E-state index in [2.05, 4.69) is 55.3 Å². The Hall–Kier alpha value is -1.19. The molecule has 0 saturated carbocycles. The standard InChI is InChI=1S/C17H22N2S/c1-12-10-19-16(20-12)11-18-15-8-9-17(2,3)14-7-5-4-6-13(14)15/h4-7,10,15,18H,8-9,11H2,1-3H3. The van der Waals surface area contributed by atoms with Gasteiger partial charge in [-0.2, -0.15) is 0 Å². The van der Waals surface area contributed by atoms with Crippen LogP contribution in [-0.2, 0) is 12.0 Å². The number of rotatable bonds is 3. The zero-order chi connectivity index (χ0) is 14.2. The maximum Gasteiger partial charge on any atom is 0.107 e. The lowest BCUT2D eigenvalue weighted by atomic mass is 9.71. The summed E-state index contributed by atoms with van der Waals surface area (Å²) in [6, 6.07) is 9.34. The normalized spacial score (nSPS) is 20.6. The molecule has 3 heteroatoms. The molecule has 20 heavy (non-hydrogen) atoms. The second kappa shape index (κ2) is 5.30. The van der Waals surface area contributed by atoms with E-state index in [1.165, 1.54) is 33.9 Å². The first kappa shape index (κ1) is 13.8. The Morgan fingerprint density at radius 1 is 1.35 bits per heavy atom. The Morgan fingerprint density at radius 3 is 2.90 bits per heavy atom. The average Bonchev–Trinajstić information content (AvgIpc) is 2.84. The molecule has 0 amide bonds. The largest absolute Gasteiger partial charge is 0.304 e. The first-order valence-electron chi connectivity index (χ1n) is 7.30. The molecule has 2 nitrogen and oxygen atoms in total. The van der Waals surface area contributed by atoms with Crippen molar-refractivity contribution in [3.63, 3.8) is 0 Å². The second-order valence-electron chi connectivity index (χ2n) is 6.31. The fourth-order valence-corrected chi connectivity index (χ4v) is 3.86. The molecular formula is C17H22N2S. The van der Waals surface area contributed by atoms with E-state index in [0.717, 1.165) is 6.54 Å². The summed E-state index contributed by atoms with van der Waals surface area (Å²) in [4.78, 5) is 5.72. The minimum Gasteiger partial charge on any atom is -0.304 e. The maximum absolute atomic E-state index is 4.44. The molecule has 1 aliphatic rings. The van der Waals surface area contributed by atoms with Gasteiger partial charge in [-0.05, 0) is 36.3 Å². The van der Waals surface area contributed by atoms with E-state index in [1.54, 1.807) is 11.3 Å². The first-order valence-corrected chi connectivity index (χ1v) is 8.12. The summed E-state index contributed by atoms with van der Waals surface area (Å²) in [6.07, 6.45) is 4.40. The molecule has 0 spiro atoms. The van der Waals surface area contributed by atoms with Gasteiger partial charge in [0.15, 0.2) is 0 Å². The number of thiazole rings is 1. The summed E-state index contributed by atoms with van der Waals surface area (Å²) in [7, 11) is 0.